The van der Waals surface area contributed by atoms with Crippen LogP contribution in [0.25, 0.3) is 0 Å². The number of benzene rings is 1. The fraction of sp³-hybridized carbons (Fsp3) is 0.312. The maximum absolute atomic E-state index is 12.2. The molecular formula is C16H20ClN3O2S. The number of amides is 2. The summed E-state index contributed by atoms with van der Waals surface area (Å²) in [4.78, 5) is 14.2. The predicted octanol–water partition coefficient (Wildman–Crippen LogP) is 3.83. The van der Waals surface area contributed by atoms with Crippen LogP contribution in [-0.4, -0.2) is 38.7 Å². The van der Waals surface area contributed by atoms with Crippen LogP contribution in [0.1, 0.15) is 11.6 Å². The third-order valence-corrected chi connectivity index (χ3v) is 4.35. The van der Waals surface area contributed by atoms with Gasteiger partial charge in [-0.05, 0) is 54.7 Å². The summed E-state index contributed by atoms with van der Waals surface area (Å²) in [6.45, 7) is 0.498. The number of nitrogens with zero attached hydrogens (tertiary/aromatic N) is 1. The van der Waals surface area contributed by atoms with Crippen molar-refractivity contribution in [1.29, 1.82) is 0 Å². The summed E-state index contributed by atoms with van der Waals surface area (Å²) in [7, 11) is 5.52. The second-order valence-corrected chi connectivity index (χ2v) is 6.43. The van der Waals surface area contributed by atoms with Crippen LogP contribution in [0.4, 0.5) is 10.5 Å². The van der Waals surface area contributed by atoms with Crippen LogP contribution in [0.2, 0.25) is 5.02 Å². The van der Waals surface area contributed by atoms with Crippen molar-refractivity contribution >= 4 is 34.7 Å². The number of ether oxygens (including phenoxy) is 1. The fourth-order valence-electron chi connectivity index (χ4n) is 2.20. The monoisotopic (exact) mass is 353 g/mol. The van der Waals surface area contributed by atoms with Crippen molar-refractivity contribution in [1.82, 2.24) is 10.2 Å². The average Bonchev–Trinajstić information content (AvgIpc) is 3.01. The first kappa shape index (κ1) is 17.6. The molecule has 0 aliphatic heterocycles. The van der Waals surface area contributed by atoms with Gasteiger partial charge in [0.25, 0.3) is 0 Å². The number of hydrogen-bond donors (Lipinski definition) is 2. The van der Waals surface area contributed by atoms with Crippen LogP contribution in [0.5, 0.6) is 5.75 Å². The zero-order valence-corrected chi connectivity index (χ0v) is 14.9. The van der Waals surface area contributed by atoms with E-state index in [9.17, 15) is 4.79 Å². The van der Waals surface area contributed by atoms with E-state index in [1.807, 2.05) is 19.5 Å². The molecule has 0 aliphatic carbocycles. The van der Waals surface area contributed by atoms with Gasteiger partial charge in [-0.15, -0.1) is 0 Å². The Balaban J connectivity index is 1.98. The van der Waals surface area contributed by atoms with Crippen molar-refractivity contribution < 1.29 is 9.53 Å². The second kappa shape index (κ2) is 8.19. The lowest BCUT2D eigenvalue weighted by Crippen LogP contribution is -2.36. The highest BCUT2D eigenvalue weighted by Gasteiger charge is 2.16. The van der Waals surface area contributed by atoms with Crippen molar-refractivity contribution in [3.8, 4) is 5.75 Å². The number of urea groups is 1. The van der Waals surface area contributed by atoms with E-state index >= 15 is 0 Å². The number of likely N-dealkylation sites (N-methyl/N-ethyl adjacent to an activating group) is 1. The number of rotatable bonds is 6. The minimum absolute atomic E-state index is 0.119. The highest BCUT2D eigenvalue weighted by Crippen LogP contribution is 2.27. The van der Waals surface area contributed by atoms with Gasteiger partial charge in [0.1, 0.15) is 5.75 Å². The lowest BCUT2D eigenvalue weighted by Gasteiger charge is -2.24. The highest BCUT2D eigenvalue weighted by atomic mass is 35.5. The van der Waals surface area contributed by atoms with E-state index in [0.717, 1.165) is 0 Å². The first-order chi connectivity index (χ1) is 11.0. The molecule has 2 N–H and O–H groups in total. The van der Waals surface area contributed by atoms with Gasteiger partial charge in [-0.2, -0.15) is 11.3 Å². The van der Waals surface area contributed by atoms with Gasteiger partial charge in [-0.1, -0.05) is 11.6 Å². The van der Waals surface area contributed by atoms with Crippen LogP contribution in [0.15, 0.2) is 35.0 Å². The van der Waals surface area contributed by atoms with E-state index in [1.165, 1.54) is 5.56 Å². The van der Waals surface area contributed by atoms with Crippen molar-refractivity contribution in [2.45, 2.75) is 6.04 Å². The summed E-state index contributed by atoms with van der Waals surface area (Å²) < 4.78 is 5.22. The number of carbonyl (C=O) groups is 1. The van der Waals surface area contributed by atoms with Gasteiger partial charge in [-0.25, -0.2) is 4.79 Å². The zero-order valence-electron chi connectivity index (χ0n) is 13.3. The Kier molecular flexibility index (Phi) is 6.27. The molecule has 124 valence electrons. The van der Waals surface area contributed by atoms with E-state index in [1.54, 1.807) is 36.6 Å². The summed E-state index contributed by atoms with van der Waals surface area (Å²) in [5.74, 6) is 0.562. The molecular weight excluding hydrogens is 334 g/mol. The Labute approximate surface area is 145 Å². The topological polar surface area (TPSA) is 53.6 Å². The molecule has 0 saturated heterocycles. The Hall–Kier alpha value is -1.76. The molecule has 1 heterocycles. The van der Waals surface area contributed by atoms with Gasteiger partial charge >= 0.3 is 6.03 Å². The number of hydrogen-bond acceptors (Lipinski definition) is 4. The molecule has 0 spiro atoms. The smallest absolute Gasteiger partial charge is 0.319 e. The number of thiophene rings is 1. The Morgan fingerprint density at radius 2 is 2.17 bits per heavy atom. The van der Waals surface area contributed by atoms with Crippen LogP contribution in [0, 0.1) is 0 Å². The average molecular weight is 354 g/mol. The number of halogens is 1. The van der Waals surface area contributed by atoms with Gasteiger partial charge < -0.3 is 20.3 Å². The Bertz CT molecular complexity index is 647. The quantitative estimate of drug-likeness (QED) is 0.829. The second-order valence-electron chi connectivity index (χ2n) is 5.22. The van der Waals surface area contributed by atoms with Crippen molar-refractivity contribution in [2.24, 2.45) is 0 Å². The number of methoxy groups -OCH3 is 1. The molecule has 0 radical (unpaired) electrons. The molecule has 23 heavy (non-hydrogen) atoms. The molecule has 5 nitrogen and oxygen atoms in total. The molecule has 2 amide bonds. The molecule has 0 aliphatic rings. The lowest BCUT2D eigenvalue weighted by molar-refractivity contribution is 0.243. The summed E-state index contributed by atoms with van der Waals surface area (Å²) in [6.07, 6.45) is 0. The maximum Gasteiger partial charge on any atom is 0.319 e. The third kappa shape index (κ3) is 4.86. The standard InChI is InChI=1S/C16H20ClN3O2S/c1-20(2)14(11-6-7-23-10-11)9-18-16(21)19-13-8-12(17)4-5-15(13)22-3/h4-8,10,14H,9H2,1-3H3,(H2,18,19,21)/t14-/m0/s1. The van der Waals surface area contributed by atoms with E-state index in [-0.39, 0.29) is 12.1 Å². The fourth-order valence-corrected chi connectivity index (χ4v) is 3.08. The molecule has 1 aromatic carbocycles. The number of carbonyl (C=O) groups excluding carboxylic acids is 1. The Morgan fingerprint density at radius 3 is 2.78 bits per heavy atom. The Morgan fingerprint density at radius 1 is 1.39 bits per heavy atom. The zero-order chi connectivity index (χ0) is 16.8. The van der Waals surface area contributed by atoms with E-state index in [4.69, 9.17) is 16.3 Å². The van der Waals surface area contributed by atoms with E-state index in [0.29, 0.717) is 23.0 Å². The first-order valence-electron chi connectivity index (χ1n) is 7.08. The molecule has 2 rings (SSSR count). The van der Waals surface area contributed by atoms with E-state index in [2.05, 4.69) is 27.0 Å². The summed E-state index contributed by atoms with van der Waals surface area (Å²) >= 11 is 7.60. The summed E-state index contributed by atoms with van der Waals surface area (Å²) in [6, 6.07) is 6.96. The first-order valence-corrected chi connectivity index (χ1v) is 8.40. The molecule has 1 aromatic heterocycles. The van der Waals surface area contributed by atoms with Crippen LogP contribution >= 0.6 is 22.9 Å². The number of anilines is 1. The molecule has 0 fully saturated rings. The molecule has 0 unspecified atom stereocenters. The normalized spacial score (nSPS) is 12.0. The molecule has 7 heteroatoms. The maximum atomic E-state index is 12.2. The van der Waals surface area contributed by atoms with Crippen molar-refractivity contribution in [2.75, 3.05) is 33.1 Å². The van der Waals surface area contributed by atoms with E-state index < -0.39 is 0 Å². The molecule has 2 aromatic rings. The minimum Gasteiger partial charge on any atom is -0.495 e. The van der Waals surface area contributed by atoms with Crippen LogP contribution in [-0.2, 0) is 0 Å². The third-order valence-electron chi connectivity index (χ3n) is 3.42. The predicted molar refractivity (Wildman–Crippen MR) is 95.8 cm³/mol. The largest absolute Gasteiger partial charge is 0.495 e. The molecule has 0 bridgehead atoms. The van der Waals surface area contributed by atoms with Gasteiger partial charge in [-0.3, -0.25) is 0 Å². The van der Waals surface area contributed by atoms with Crippen molar-refractivity contribution in [3.05, 3.63) is 45.6 Å². The van der Waals surface area contributed by atoms with Gasteiger partial charge in [0, 0.05) is 11.6 Å². The van der Waals surface area contributed by atoms with Gasteiger partial charge in [0.05, 0.1) is 18.8 Å². The summed E-state index contributed by atoms with van der Waals surface area (Å²) in [5.41, 5.74) is 1.72. The van der Waals surface area contributed by atoms with Crippen molar-refractivity contribution in [3.63, 3.8) is 0 Å². The summed E-state index contributed by atoms with van der Waals surface area (Å²) in [5, 5.41) is 10.3. The van der Waals surface area contributed by atoms with Crippen LogP contribution < -0.4 is 15.4 Å². The SMILES string of the molecule is COc1ccc(Cl)cc1NC(=O)NC[C@@H](c1ccsc1)N(C)C. The van der Waals surface area contributed by atoms with Gasteiger partial charge in [0.2, 0.25) is 0 Å². The number of nitrogens with one attached hydrogen (secondary N) is 2. The van der Waals surface area contributed by atoms with Crippen LogP contribution in [0.3, 0.4) is 0 Å². The molecule has 1 atom stereocenters. The minimum atomic E-state index is -0.298. The highest BCUT2D eigenvalue weighted by molar-refractivity contribution is 7.07. The van der Waals surface area contributed by atoms with Gasteiger partial charge in [0.15, 0.2) is 0 Å². The lowest BCUT2D eigenvalue weighted by atomic mass is 10.1. The molecule has 0 saturated carbocycles.